The molecule has 36 heavy (non-hydrogen) atoms. The van der Waals surface area contributed by atoms with Crippen LogP contribution in [-0.2, 0) is 9.59 Å². The molecule has 0 atom stereocenters. The Morgan fingerprint density at radius 1 is 1.06 bits per heavy atom. The van der Waals surface area contributed by atoms with Gasteiger partial charge in [-0.25, -0.2) is 0 Å². The monoisotopic (exact) mass is 509 g/mol. The molecule has 1 aromatic heterocycles. The van der Waals surface area contributed by atoms with Gasteiger partial charge in [-0.05, 0) is 42.5 Å². The second-order valence-corrected chi connectivity index (χ2v) is 10.4. The van der Waals surface area contributed by atoms with E-state index in [1.165, 1.54) is 11.8 Å². The van der Waals surface area contributed by atoms with Crippen LogP contribution in [0.15, 0.2) is 58.2 Å². The number of carbonyl (C=O) groups excluding carboxylic acids is 2. The molecular weight excluding hydrogens is 478 g/mol. The van der Waals surface area contributed by atoms with Gasteiger partial charge in [0.1, 0.15) is 5.75 Å². The lowest BCUT2D eigenvalue weighted by Crippen LogP contribution is -2.51. The Hall–Kier alpha value is -3.53. The molecule has 0 spiro atoms. The van der Waals surface area contributed by atoms with Crippen LogP contribution in [-0.4, -0.2) is 66.0 Å². The summed E-state index contributed by atoms with van der Waals surface area (Å²) >= 11 is 1.18. The highest BCUT2D eigenvalue weighted by Crippen LogP contribution is 2.26. The molecule has 0 radical (unpaired) electrons. The zero-order valence-corrected chi connectivity index (χ0v) is 21.8. The van der Waals surface area contributed by atoms with Crippen LogP contribution in [0.5, 0.6) is 5.75 Å². The maximum Gasteiger partial charge on any atom is 0.277 e. The van der Waals surface area contributed by atoms with Gasteiger partial charge in [0.2, 0.25) is 17.7 Å². The number of amides is 2. The van der Waals surface area contributed by atoms with E-state index in [1.54, 1.807) is 7.11 Å². The topological polar surface area (TPSA) is 101 Å². The number of hydrogen-bond donors (Lipinski definition) is 1. The standard InChI is InChI=1S/C26H31N5O4S/c1-26(2,3)24(33)31-14-12-30(13-15-31)20-10-8-19(9-11-20)27-22(32)17-36-25-29-28-23(35-25)18-6-5-7-21(16-18)34-4/h5-11,16H,12-15,17H2,1-4H3,(H,27,32). The van der Waals surface area contributed by atoms with Crippen LogP contribution in [0.4, 0.5) is 11.4 Å². The van der Waals surface area contributed by atoms with Crippen molar-refractivity contribution >= 4 is 35.0 Å². The molecule has 190 valence electrons. The third-order valence-electron chi connectivity index (χ3n) is 5.77. The normalized spacial score (nSPS) is 14.0. The zero-order valence-electron chi connectivity index (χ0n) is 21.0. The second kappa shape index (κ2) is 11.0. The number of thioether (sulfide) groups is 1. The van der Waals surface area contributed by atoms with Crippen molar-refractivity contribution in [1.29, 1.82) is 0 Å². The number of piperazine rings is 1. The first-order chi connectivity index (χ1) is 17.2. The fourth-order valence-electron chi connectivity index (χ4n) is 3.86. The average Bonchev–Trinajstić information content (AvgIpc) is 3.36. The number of nitrogens with one attached hydrogen (secondary N) is 1. The van der Waals surface area contributed by atoms with Crippen molar-refractivity contribution < 1.29 is 18.7 Å². The van der Waals surface area contributed by atoms with E-state index in [2.05, 4.69) is 20.4 Å². The minimum atomic E-state index is -0.359. The molecular formula is C26H31N5O4S. The molecule has 1 aliphatic rings. The van der Waals surface area contributed by atoms with Crippen LogP contribution in [0.2, 0.25) is 0 Å². The zero-order chi connectivity index (χ0) is 25.7. The van der Waals surface area contributed by atoms with Crippen LogP contribution >= 0.6 is 11.8 Å². The van der Waals surface area contributed by atoms with Crippen LogP contribution in [0.25, 0.3) is 11.5 Å². The Morgan fingerprint density at radius 3 is 2.44 bits per heavy atom. The van der Waals surface area contributed by atoms with Gasteiger partial charge < -0.3 is 24.3 Å². The molecule has 1 fully saturated rings. The van der Waals surface area contributed by atoms with Gasteiger partial charge in [0.15, 0.2) is 0 Å². The Labute approximate surface area is 215 Å². The minimum Gasteiger partial charge on any atom is -0.497 e. The van der Waals surface area contributed by atoms with E-state index in [4.69, 9.17) is 9.15 Å². The summed E-state index contributed by atoms with van der Waals surface area (Å²) in [4.78, 5) is 29.1. The largest absolute Gasteiger partial charge is 0.497 e. The van der Waals surface area contributed by atoms with Crippen molar-refractivity contribution in [3.63, 3.8) is 0 Å². The summed E-state index contributed by atoms with van der Waals surface area (Å²) in [6.45, 7) is 8.85. The number of nitrogens with zero attached hydrogens (tertiary/aromatic N) is 4. The van der Waals surface area contributed by atoms with E-state index >= 15 is 0 Å². The van der Waals surface area contributed by atoms with Crippen molar-refractivity contribution in [3.8, 4) is 17.2 Å². The lowest BCUT2D eigenvalue weighted by Gasteiger charge is -2.38. The summed E-state index contributed by atoms with van der Waals surface area (Å²) < 4.78 is 10.9. The molecule has 2 aromatic carbocycles. The lowest BCUT2D eigenvalue weighted by molar-refractivity contribution is -0.139. The lowest BCUT2D eigenvalue weighted by atomic mass is 9.94. The minimum absolute atomic E-state index is 0.144. The SMILES string of the molecule is COc1cccc(-c2nnc(SCC(=O)Nc3ccc(N4CCN(C(=O)C(C)(C)C)CC4)cc3)o2)c1. The van der Waals surface area contributed by atoms with Gasteiger partial charge >= 0.3 is 0 Å². The summed E-state index contributed by atoms with van der Waals surface area (Å²) in [5, 5.41) is 11.3. The molecule has 1 saturated heterocycles. The molecule has 9 nitrogen and oxygen atoms in total. The van der Waals surface area contributed by atoms with Gasteiger partial charge in [0.25, 0.3) is 5.22 Å². The fourth-order valence-corrected chi connectivity index (χ4v) is 4.43. The Kier molecular flexibility index (Phi) is 7.83. The maximum atomic E-state index is 12.5. The van der Waals surface area contributed by atoms with Crippen LogP contribution < -0.4 is 15.0 Å². The first-order valence-electron chi connectivity index (χ1n) is 11.8. The molecule has 0 saturated carbocycles. The third kappa shape index (κ3) is 6.37. The molecule has 0 bridgehead atoms. The number of aromatic nitrogens is 2. The van der Waals surface area contributed by atoms with Gasteiger partial charge in [-0.3, -0.25) is 9.59 Å². The summed E-state index contributed by atoms with van der Waals surface area (Å²) in [5.41, 5.74) is 2.18. The van der Waals surface area contributed by atoms with Crippen molar-refractivity contribution in [2.75, 3.05) is 49.3 Å². The first-order valence-corrected chi connectivity index (χ1v) is 12.8. The van der Waals surface area contributed by atoms with Crippen LogP contribution in [0, 0.1) is 5.41 Å². The highest BCUT2D eigenvalue weighted by molar-refractivity contribution is 7.99. The number of rotatable bonds is 7. The Balaban J connectivity index is 1.25. The Bertz CT molecular complexity index is 1200. The molecule has 1 aliphatic heterocycles. The number of hydrogen-bond acceptors (Lipinski definition) is 8. The number of ether oxygens (including phenoxy) is 1. The first kappa shape index (κ1) is 25.6. The molecule has 3 aromatic rings. The van der Waals surface area contributed by atoms with Gasteiger partial charge in [0, 0.05) is 48.5 Å². The van der Waals surface area contributed by atoms with Gasteiger partial charge in [-0.15, -0.1) is 10.2 Å². The predicted molar refractivity (Wildman–Crippen MR) is 140 cm³/mol. The van der Waals surface area contributed by atoms with Gasteiger partial charge in [0.05, 0.1) is 12.9 Å². The van der Waals surface area contributed by atoms with E-state index in [0.29, 0.717) is 35.6 Å². The quantitative estimate of drug-likeness (QED) is 0.474. The molecule has 1 N–H and O–H groups in total. The predicted octanol–water partition coefficient (Wildman–Crippen LogP) is 4.17. The Morgan fingerprint density at radius 2 is 1.78 bits per heavy atom. The van der Waals surface area contributed by atoms with Crippen LogP contribution in [0.1, 0.15) is 20.8 Å². The smallest absolute Gasteiger partial charge is 0.277 e. The molecule has 10 heteroatoms. The van der Waals surface area contributed by atoms with Gasteiger partial charge in [-0.2, -0.15) is 0 Å². The van der Waals surface area contributed by atoms with Gasteiger partial charge in [-0.1, -0.05) is 38.6 Å². The van der Waals surface area contributed by atoms with E-state index in [9.17, 15) is 9.59 Å². The van der Waals surface area contributed by atoms with E-state index in [-0.39, 0.29) is 23.0 Å². The molecule has 2 amide bonds. The summed E-state index contributed by atoms with van der Waals surface area (Å²) in [5.74, 6) is 1.24. The van der Waals surface area contributed by atoms with E-state index in [1.807, 2.05) is 74.2 Å². The van der Waals surface area contributed by atoms with Crippen molar-refractivity contribution in [2.24, 2.45) is 5.41 Å². The summed E-state index contributed by atoms with van der Waals surface area (Å²) in [6, 6.07) is 15.1. The van der Waals surface area contributed by atoms with Crippen LogP contribution in [0.3, 0.4) is 0 Å². The summed E-state index contributed by atoms with van der Waals surface area (Å²) in [7, 11) is 1.60. The molecule has 2 heterocycles. The summed E-state index contributed by atoms with van der Waals surface area (Å²) in [6.07, 6.45) is 0. The van der Waals surface area contributed by atoms with Crippen molar-refractivity contribution in [2.45, 2.75) is 26.0 Å². The number of benzene rings is 2. The van der Waals surface area contributed by atoms with E-state index in [0.717, 1.165) is 24.3 Å². The third-order valence-corrected chi connectivity index (χ3v) is 6.59. The average molecular weight is 510 g/mol. The molecule has 0 unspecified atom stereocenters. The number of anilines is 2. The highest BCUT2D eigenvalue weighted by Gasteiger charge is 2.29. The number of methoxy groups -OCH3 is 1. The van der Waals surface area contributed by atoms with Crippen molar-refractivity contribution in [1.82, 2.24) is 15.1 Å². The van der Waals surface area contributed by atoms with Crippen molar-refractivity contribution in [3.05, 3.63) is 48.5 Å². The van der Waals surface area contributed by atoms with E-state index < -0.39 is 0 Å². The molecule has 0 aliphatic carbocycles. The maximum absolute atomic E-state index is 12.5. The number of carbonyl (C=O) groups is 2. The highest BCUT2D eigenvalue weighted by atomic mass is 32.2. The molecule has 4 rings (SSSR count). The fraction of sp³-hybridized carbons (Fsp3) is 0.385. The second-order valence-electron chi connectivity index (χ2n) is 9.52.